The fourth-order valence-corrected chi connectivity index (χ4v) is 3.96. The quantitative estimate of drug-likeness (QED) is 0.547. The molecular weight excluding hydrogens is 372 g/mol. The fourth-order valence-electron chi connectivity index (χ4n) is 2.81. The van der Waals surface area contributed by atoms with Gasteiger partial charge in [0.15, 0.2) is 0 Å². The van der Waals surface area contributed by atoms with Gasteiger partial charge in [0.1, 0.15) is 10.6 Å². The molecule has 140 valence electrons. The van der Waals surface area contributed by atoms with Crippen LogP contribution < -0.4 is 4.72 Å². The van der Waals surface area contributed by atoms with Gasteiger partial charge in [0.2, 0.25) is 10.0 Å². The van der Waals surface area contributed by atoms with Crippen LogP contribution >= 0.6 is 0 Å². The molecule has 0 aliphatic carbocycles. The van der Waals surface area contributed by atoms with Crippen LogP contribution in [0.15, 0.2) is 96.2 Å². The molecule has 0 aliphatic rings. The van der Waals surface area contributed by atoms with Gasteiger partial charge in [-0.3, -0.25) is 4.98 Å². The van der Waals surface area contributed by atoms with Crippen molar-refractivity contribution in [3.8, 4) is 16.9 Å². The molecule has 0 amide bonds. The maximum absolute atomic E-state index is 13.1. The highest BCUT2D eigenvalue weighted by Crippen LogP contribution is 2.27. The number of nitrogens with one attached hydrogen (secondary N) is 1. The molecule has 0 spiro atoms. The number of benzene rings is 2. The summed E-state index contributed by atoms with van der Waals surface area (Å²) < 4.78 is 30.3. The van der Waals surface area contributed by atoms with E-state index in [2.05, 4.69) is 14.8 Å². The van der Waals surface area contributed by atoms with Crippen LogP contribution in [0.5, 0.6) is 0 Å². The van der Waals surface area contributed by atoms with Crippen molar-refractivity contribution >= 4 is 10.0 Å². The van der Waals surface area contributed by atoms with E-state index in [1.165, 1.54) is 0 Å². The third-order valence-corrected chi connectivity index (χ3v) is 5.61. The van der Waals surface area contributed by atoms with Gasteiger partial charge in [-0.2, -0.15) is 5.10 Å². The first-order valence-electron chi connectivity index (χ1n) is 8.73. The molecule has 4 aromatic rings. The predicted octanol–water partition coefficient (Wildman–Crippen LogP) is 3.41. The van der Waals surface area contributed by atoms with Gasteiger partial charge in [-0.05, 0) is 24.3 Å². The molecular formula is C21H18N4O2S. The molecule has 0 unspecified atom stereocenters. The smallest absolute Gasteiger partial charge is 0.244 e. The van der Waals surface area contributed by atoms with Crippen LogP contribution in [0.3, 0.4) is 0 Å². The number of para-hydroxylation sites is 1. The molecule has 7 heteroatoms. The lowest BCUT2D eigenvalue weighted by Gasteiger charge is -2.06. The molecule has 0 saturated carbocycles. The van der Waals surface area contributed by atoms with E-state index < -0.39 is 10.0 Å². The first kappa shape index (κ1) is 18.1. The number of aromatic nitrogens is 3. The Labute approximate surface area is 163 Å². The second-order valence-electron chi connectivity index (χ2n) is 6.13. The van der Waals surface area contributed by atoms with E-state index in [1.807, 2.05) is 66.7 Å². The van der Waals surface area contributed by atoms with Gasteiger partial charge >= 0.3 is 0 Å². The topological polar surface area (TPSA) is 76.9 Å². The summed E-state index contributed by atoms with van der Waals surface area (Å²) in [5, 5.41) is 4.55. The number of hydrogen-bond donors (Lipinski definition) is 1. The second kappa shape index (κ2) is 7.75. The van der Waals surface area contributed by atoms with Crippen molar-refractivity contribution < 1.29 is 8.42 Å². The number of pyridine rings is 1. The van der Waals surface area contributed by atoms with Gasteiger partial charge in [-0.15, -0.1) is 0 Å². The van der Waals surface area contributed by atoms with Crippen LogP contribution in [0.1, 0.15) is 5.69 Å². The average molecular weight is 390 g/mol. The summed E-state index contributed by atoms with van der Waals surface area (Å²) in [6.07, 6.45) is 3.17. The largest absolute Gasteiger partial charge is 0.260 e. The Morgan fingerprint density at radius 2 is 1.54 bits per heavy atom. The molecule has 2 aromatic heterocycles. The third kappa shape index (κ3) is 3.85. The Morgan fingerprint density at radius 1 is 0.857 bits per heavy atom. The molecule has 2 aromatic carbocycles. The zero-order valence-corrected chi connectivity index (χ0v) is 15.8. The Balaban J connectivity index is 1.75. The van der Waals surface area contributed by atoms with Crippen molar-refractivity contribution in [3.05, 3.63) is 97.0 Å². The van der Waals surface area contributed by atoms with Gasteiger partial charge < -0.3 is 0 Å². The Morgan fingerprint density at radius 3 is 2.21 bits per heavy atom. The summed E-state index contributed by atoms with van der Waals surface area (Å²) in [4.78, 5) is 4.28. The van der Waals surface area contributed by atoms with Crippen molar-refractivity contribution in [3.63, 3.8) is 0 Å². The van der Waals surface area contributed by atoms with Gasteiger partial charge in [0.25, 0.3) is 0 Å². The highest BCUT2D eigenvalue weighted by Gasteiger charge is 2.24. The van der Waals surface area contributed by atoms with E-state index in [0.717, 1.165) is 11.3 Å². The maximum atomic E-state index is 13.1. The average Bonchev–Trinajstić information content (AvgIpc) is 3.21. The molecule has 0 bridgehead atoms. The fraction of sp³-hybridized carbons (Fsp3) is 0.0476. The normalized spacial score (nSPS) is 11.4. The van der Waals surface area contributed by atoms with E-state index in [9.17, 15) is 8.42 Å². The maximum Gasteiger partial charge on any atom is 0.244 e. The first-order valence-corrected chi connectivity index (χ1v) is 10.2. The van der Waals surface area contributed by atoms with Crippen molar-refractivity contribution in [1.29, 1.82) is 0 Å². The van der Waals surface area contributed by atoms with Crippen LogP contribution in [0.25, 0.3) is 16.9 Å². The minimum absolute atomic E-state index is 0.105. The van der Waals surface area contributed by atoms with E-state index in [0.29, 0.717) is 11.4 Å². The lowest BCUT2D eigenvalue weighted by Crippen LogP contribution is -2.23. The highest BCUT2D eigenvalue weighted by atomic mass is 32.2. The Hall–Kier alpha value is -3.29. The first-order chi connectivity index (χ1) is 13.6. The van der Waals surface area contributed by atoms with Crippen LogP contribution in [0.4, 0.5) is 0 Å². The lowest BCUT2D eigenvalue weighted by molar-refractivity contribution is 0.580. The highest BCUT2D eigenvalue weighted by molar-refractivity contribution is 7.89. The number of nitrogens with zero attached hydrogens (tertiary/aromatic N) is 3. The summed E-state index contributed by atoms with van der Waals surface area (Å²) in [5.41, 5.74) is 2.56. The summed E-state index contributed by atoms with van der Waals surface area (Å²) in [6.45, 7) is 0.105. The molecule has 28 heavy (non-hydrogen) atoms. The van der Waals surface area contributed by atoms with E-state index >= 15 is 0 Å². The molecule has 0 saturated heterocycles. The Kier molecular flexibility index (Phi) is 5.01. The van der Waals surface area contributed by atoms with Crippen molar-refractivity contribution in [2.75, 3.05) is 0 Å². The van der Waals surface area contributed by atoms with Crippen LogP contribution in [-0.4, -0.2) is 23.2 Å². The van der Waals surface area contributed by atoms with Gasteiger partial charge in [0.05, 0.1) is 24.1 Å². The van der Waals surface area contributed by atoms with Crippen molar-refractivity contribution in [2.24, 2.45) is 0 Å². The van der Waals surface area contributed by atoms with Crippen LogP contribution in [-0.2, 0) is 16.6 Å². The van der Waals surface area contributed by atoms with Crippen molar-refractivity contribution in [1.82, 2.24) is 19.5 Å². The third-order valence-electron chi connectivity index (χ3n) is 4.21. The molecule has 2 heterocycles. The molecule has 0 radical (unpaired) electrons. The molecule has 4 rings (SSSR count). The lowest BCUT2D eigenvalue weighted by atomic mass is 10.2. The van der Waals surface area contributed by atoms with Crippen LogP contribution in [0, 0.1) is 0 Å². The SMILES string of the molecule is O=S(=O)(NCc1ccccn1)c1cn(-c2ccccc2)nc1-c1ccccc1. The molecule has 1 N–H and O–H groups in total. The van der Waals surface area contributed by atoms with Gasteiger partial charge in [-0.25, -0.2) is 17.8 Å². The molecule has 0 atom stereocenters. The summed E-state index contributed by atoms with van der Waals surface area (Å²) in [5.74, 6) is 0. The monoisotopic (exact) mass is 390 g/mol. The van der Waals surface area contributed by atoms with E-state index in [1.54, 1.807) is 29.2 Å². The van der Waals surface area contributed by atoms with Crippen LogP contribution in [0.2, 0.25) is 0 Å². The molecule has 6 nitrogen and oxygen atoms in total. The second-order valence-corrected chi connectivity index (χ2v) is 7.87. The minimum atomic E-state index is -3.80. The summed E-state index contributed by atoms with van der Waals surface area (Å²) >= 11 is 0. The van der Waals surface area contributed by atoms with E-state index in [4.69, 9.17) is 0 Å². The predicted molar refractivity (Wildman–Crippen MR) is 107 cm³/mol. The summed E-state index contributed by atoms with van der Waals surface area (Å²) in [7, 11) is -3.80. The van der Waals surface area contributed by atoms with Gasteiger partial charge in [-0.1, -0.05) is 54.6 Å². The van der Waals surface area contributed by atoms with Crippen molar-refractivity contribution in [2.45, 2.75) is 11.4 Å². The zero-order valence-electron chi connectivity index (χ0n) is 14.9. The summed E-state index contributed by atoms with van der Waals surface area (Å²) in [6, 6.07) is 24.1. The molecule has 0 fully saturated rings. The number of sulfonamides is 1. The number of hydrogen-bond acceptors (Lipinski definition) is 4. The standard InChI is InChI=1S/C21H18N4O2S/c26-28(27,23-15-18-11-7-8-14-22-18)20-16-25(19-12-5-2-6-13-19)24-21(20)17-9-3-1-4-10-17/h1-14,16,23H,15H2. The Bertz CT molecular complexity index is 1160. The molecule has 0 aliphatic heterocycles. The minimum Gasteiger partial charge on any atom is -0.260 e. The zero-order chi connectivity index (χ0) is 19.4. The number of rotatable bonds is 6. The van der Waals surface area contributed by atoms with E-state index in [-0.39, 0.29) is 11.4 Å². The van der Waals surface area contributed by atoms with Gasteiger partial charge in [0, 0.05) is 11.8 Å².